The van der Waals surface area contributed by atoms with Gasteiger partial charge in [0.25, 0.3) is 5.91 Å². The normalized spacial score (nSPS) is 21.4. The highest BCUT2D eigenvalue weighted by molar-refractivity contribution is 5.95. The lowest BCUT2D eigenvalue weighted by molar-refractivity contribution is 0.0532. The zero-order valence-corrected chi connectivity index (χ0v) is 15.3. The van der Waals surface area contributed by atoms with E-state index in [-0.39, 0.29) is 35.3 Å². The number of hydrogen-bond donors (Lipinski definition) is 1. The predicted octanol–water partition coefficient (Wildman–Crippen LogP) is 2.57. The first-order valence-corrected chi connectivity index (χ1v) is 7.64. The van der Waals surface area contributed by atoms with Gasteiger partial charge in [0, 0.05) is 24.8 Å². The van der Waals surface area contributed by atoms with Crippen LogP contribution < -0.4 is 5.73 Å². The SMILES string of the molecule is Cc1c(C(=O)N2CCC(N)C(C)(C)C2)cnn1C(C)(C)C.Cl. The lowest BCUT2D eigenvalue weighted by Gasteiger charge is -2.42. The monoisotopic (exact) mass is 328 g/mol. The fourth-order valence-corrected chi connectivity index (χ4v) is 3.01. The van der Waals surface area contributed by atoms with Gasteiger partial charge in [-0.15, -0.1) is 12.4 Å². The van der Waals surface area contributed by atoms with Crippen LogP contribution in [0.25, 0.3) is 0 Å². The van der Waals surface area contributed by atoms with Crippen LogP contribution in [0.2, 0.25) is 0 Å². The molecule has 0 saturated carbocycles. The molecule has 1 aromatic heterocycles. The van der Waals surface area contributed by atoms with E-state index >= 15 is 0 Å². The van der Waals surface area contributed by atoms with Crippen molar-refractivity contribution < 1.29 is 4.79 Å². The summed E-state index contributed by atoms with van der Waals surface area (Å²) in [6.07, 6.45) is 2.55. The summed E-state index contributed by atoms with van der Waals surface area (Å²) in [5.74, 6) is 0.0722. The highest BCUT2D eigenvalue weighted by atomic mass is 35.5. The highest BCUT2D eigenvalue weighted by Crippen LogP contribution is 2.29. The van der Waals surface area contributed by atoms with E-state index in [1.807, 2.05) is 16.5 Å². The van der Waals surface area contributed by atoms with Crippen LogP contribution in [0.3, 0.4) is 0 Å². The number of nitrogens with zero attached hydrogens (tertiary/aromatic N) is 3. The van der Waals surface area contributed by atoms with Gasteiger partial charge in [-0.1, -0.05) is 13.8 Å². The molecule has 0 radical (unpaired) electrons. The number of aromatic nitrogens is 2. The third-order valence-corrected chi connectivity index (χ3v) is 4.47. The van der Waals surface area contributed by atoms with E-state index in [0.29, 0.717) is 12.1 Å². The van der Waals surface area contributed by atoms with Crippen molar-refractivity contribution in [1.82, 2.24) is 14.7 Å². The second kappa shape index (κ2) is 6.20. The Morgan fingerprint density at radius 2 is 2.00 bits per heavy atom. The number of likely N-dealkylation sites (tertiary alicyclic amines) is 1. The minimum atomic E-state index is -0.119. The summed E-state index contributed by atoms with van der Waals surface area (Å²) in [5.41, 5.74) is 7.63. The summed E-state index contributed by atoms with van der Waals surface area (Å²) in [6.45, 7) is 13.9. The molecule has 2 rings (SSSR count). The predicted molar refractivity (Wildman–Crippen MR) is 91.5 cm³/mol. The van der Waals surface area contributed by atoms with Crippen molar-refractivity contribution in [2.75, 3.05) is 13.1 Å². The summed E-state index contributed by atoms with van der Waals surface area (Å²) < 4.78 is 1.92. The molecule has 1 unspecified atom stereocenters. The largest absolute Gasteiger partial charge is 0.338 e. The van der Waals surface area contributed by atoms with Gasteiger partial charge in [0.05, 0.1) is 17.3 Å². The molecule has 2 N–H and O–H groups in total. The third kappa shape index (κ3) is 3.46. The van der Waals surface area contributed by atoms with Crippen molar-refractivity contribution in [3.63, 3.8) is 0 Å². The Balaban J connectivity index is 0.00000242. The number of halogens is 1. The fourth-order valence-electron chi connectivity index (χ4n) is 3.01. The van der Waals surface area contributed by atoms with Gasteiger partial charge in [-0.25, -0.2) is 0 Å². The molecule has 1 amide bonds. The molecule has 1 aliphatic heterocycles. The Kier molecular flexibility index (Phi) is 5.35. The second-order valence-corrected chi connectivity index (χ2v) is 7.84. The highest BCUT2D eigenvalue weighted by Gasteiger charge is 2.36. The first-order chi connectivity index (χ1) is 9.54. The molecule has 2 heterocycles. The number of amides is 1. The van der Waals surface area contributed by atoms with Crippen LogP contribution in [0.4, 0.5) is 0 Å². The summed E-state index contributed by atoms with van der Waals surface area (Å²) in [4.78, 5) is 14.7. The molecule has 1 aliphatic rings. The average Bonchev–Trinajstić information content (AvgIpc) is 2.73. The van der Waals surface area contributed by atoms with Crippen LogP contribution in [-0.2, 0) is 5.54 Å². The molecule has 126 valence electrons. The number of nitrogens with two attached hydrogens (primary N) is 1. The Bertz CT molecular complexity index is 545. The average molecular weight is 329 g/mol. The van der Waals surface area contributed by atoms with E-state index in [1.54, 1.807) is 6.20 Å². The van der Waals surface area contributed by atoms with Crippen LogP contribution in [0.1, 0.15) is 57.1 Å². The van der Waals surface area contributed by atoms with Gasteiger partial charge in [0.15, 0.2) is 0 Å². The van der Waals surface area contributed by atoms with E-state index < -0.39 is 0 Å². The molecule has 6 heteroatoms. The lowest BCUT2D eigenvalue weighted by atomic mass is 9.79. The van der Waals surface area contributed by atoms with E-state index in [0.717, 1.165) is 18.7 Å². The summed E-state index contributed by atoms with van der Waals surface area (Å²) >= 11 is 0. The van der Waals surface area contributed by atoms with Crippen molar-refractivity contribution >= 4 is 18.3 Å². The van der Waals surface area contributed by atoms with Crippen LogP contribution in [-0.4, -0.2) is 39.7 Å². The maximum atomic E-state index is 12.8. The molecular weight excluding hydrogens is 300 g/mol. The Hall–Kier alpha value is -1.07. The molecule has 0 aliphatic carbocycles. The van der Waals surface area contributed by atoms with E-state index in [2.05, 4.69) is 39.7 Å². The van der Waals surface area contributed by atoms with Gasteiger partial charge in [-0.05, 0) is 39.5 Å². The molecule has 5 nitrogen and oxygen atoms in total. The number of carbonyl (C=O) groups excluding carboxylic acids is 1. The lowest BCUT2D eigenvalue weighted by Crippen LogP contribution is -2.54. The smallest absolute Gasteiger partial charge is 0.257 e. The molecule has 1 saturated heterocycles. The maximum Gasteiger partial charge on any atom is 0.257 e. The van der Waals surface area contributed by atoms with Gasteiger partial charge in [-0.3, -0.25) is 9.48 Å². The first-order valence-electron chi connectivity index (χ1n) is 7.64. The van der Waals surface area contributed by atoms with Gasteiger partial charge in [0.2, 0.25) is 0 Å². The van der Waals surface area contributed by atoms with Crippen molar-refractivity contribution in [3.05, 3.63) is 17.5 Å². The van der Waals surface area contributed by atoms with Crippen LogP contribution in [0, 0.1) is 12.3 Å². The fraction of sp³-hybridized carbons (Fsp3) is 0.750. The van der Waals surface area contributed by atoms with Crippen molar-refractivity contribution in [2.45, 2.75) is 59.5 Å². The quantitative estimate of drug-likeness (QED) is 0.861. The third-order valence-electron chi connectivity index (χ3n) is 4.47. The van der Waals surface area contributed by atoms with Gasteiger partial charge in [-0.2, -0.15) is 5.10 Å². The second-order valence-electron chi connectivity index (χ2n) is 7.84. The summed E-state index contributed by atoms with van der Waals surface area (Å²) in [5, 5.41) is 4.40. The standard InChI is InChI=1S/C16H28N4O.ClH/c1-11-12(9-18-20(11)15(2,3)4)14(21)19-8-7-13(17)16(5,6)10-19;/h9,13H,7-8,10,17H2,1-6H3;1H. The zero-order chi connectivity index (χ0) is 16.0. The Morgan fingerprint density at radius 3 is 2.45 bits per heavy atom. The maximum absolute atomic E-state index is 12.8. The minimum absolute atomic E-state index is 0. The molecule has 1 aromatic rings. The van der Waals surface area contributed by atoms with Crippen LogP contribution in [0.15, 0.2) is 6.20 Å². The van der Waals surface area contributed by atoms with Crippen molar-refractivity contribution in [2.24, 2.45) is 11.1 Å². The molecule has 0 bridgehead atoms. The molecule has 0 aromatic carbocycles. The number of hydrogen-bond acceptors (Lipinski definition) is 3. The van der Waals surface area contributed by atoms with E-state index in [9.17, 15) is 4.79 Å². The van der Waals surface area contributed by atoms with E-state index in [1.165, 1.54) is 0 Å². The molecule has 1 fully saturated rings. The molecule has 22 heavy (non-hydrogen) atoms. The van der Waals surface area contributed by atoms with Crippen molar-refractivity contribution in [3.8, 4) is 0 Å². The Labute approximate surface area is 139 Å². The molecular formula is C16H29ClN4O. The molecule has 0 spiro atoms. The number of carbonyl (C=O) groups is 1. The number of rotatable bonds is 1. The topological polar surface area (TPSA) is 64.2 Å². The Morgan fingerprint density at radius 1 is 1.41 bits per heavy atom. The summed E-state index contributed by atoms with van der Waals surface area (Å²) in [6, 6.07) is 0.153. The van der Waals surface area contributed by atoms with Gasteiger partial charge < -0.3 is 10.6 Å². The van der Waals surface area contributed by atoms with Gasteiger partial charge >= 0.3 is 0 Å². The van der Waals surface area contributed by atoms with E-state index in [4.69, 9.17) is 5.73 Å². The van der Waals surface area contributed by atoms with Crippen LogP contribution >= 0.6 is 12.4 Å². The number of piperidine rings is 1. The summed E-state index contributed by atoms with van der Waals surface area (Å²) in [7, 11) is 0. The van der Waals surface area contributed by atoms with Gasteiger partial charge in [0.1, 0.15) is 0 Å². The first kappa shape index (κ1) is 19.0. The minimum Gasteiger partial charge on any atom is -0.338 e. The molecule has 1 atom stereocenters. The van der Waals surface area contributed by atoms with Crippen LogP contribution in [0.5, 0.6) is 0 Å². The zero-order valence-electron chi connectivity index (χ0n) is 14.5. The van der Waals surface area contributed by atoms with Crippen molar-refractivity contribution in [1.29, 1.82) is 0 Å².